The van der Waals surface area contributed by atoms with E-state index in [9.17, 15) is 10.1 Å². The van der Waals surface area contributed by atoms with E-state index in [0.717, 1.165) is 42.2 Å². The molecule has 35 heavy (non-hydrogen) atoms. The van der Waals surface area contributed by atoms with Crippen LogP contribution in [0.4, 0.5) is 10.3 Å². The molecule has 8 nitrogen and oxygen atoms in total. The van der Waals surface area contributed by atoms with Gasteiger partial charge < -0.3 is 14.4 Å². The van der Waals surface area contributed by atoms with Gasteiger partial charge >= 0.3 is 0 Å². The van der Waals surface area contributed by atoms with Gasteiger partial charge in [0.2, 0.25) is 10.3 Å². The fraction of sp³-hybridized carbons (Fsp3) is 0.308. The summed E-state index contributed by atoms with van der Waals surface area (Å²) in [5.74, 6) is 0.611. The number of hydrogen-bond acceptors (Lipinski definition) is 8. The van der Waals surface area contributed by atoms with E-state index in [0.29, 0.717) is 35.4 Å². The Hall–Kier alpha value is -3.90. The zero-order chi connectivity index (χ0) is 24.6. The fourth-order valence-corrected chi connectivity index (χ4v) is 4.50. The summed E-state index contributed by atoms with van der Waals surface area (Å²) in [6.07, 6.45) is 3.77. The summed E-state index contributed by atoms with van der Waals surface area (Å²) in [7, 11) is 0. The summed E-state index contributed by atoms with van der Waals surface area (Å²) in [4.78, 5) is 14.9. The number of anilines is 2. The van der Waals surface area contributed by atoms with Crippen LogP contribution >= 0.6 is 11.3 Å². The first kappa shape index (κ1) is 24.2. The number of nitrogens with one attached hydrogen (secondary N) is 1. The Morgan fingerprint density at radius 2 is 1.97 bits per heavy atom. The molecule has 1 saturated heterocycles. The summed E-state index contributed by atoms with van der Waals surface area (Å²) < 4.78 is 11.8. The first-order chi connectivity index (χ1) is 17.1. The van der Waals surface area contributed by atoms with E-state index in [1.165, 1.54) is 17.4 Å². The Labute approximate surface area is 208 Å². The van der Waals surface area contributed by atoms with Gasteiger partial charge in [0.1, 0.15) is 18.2 Å². The fourth-order valence-electron chi connectivity index (χ4n) is 3.71. The Morgan fingerprint density at radius 1 is 1.17 bits per heavy atom. The molecule has 1 aliphatic rings. The maximum absolute atomic E-state index is 12.7. The van der Waals surface area contributed by atoms with Crippen LogP contribution in [0.5, 0.6) is 11.5 Å². The number of nitrogens with zero attached hydrogens (tertiary/aromatic N) is 4. The maximum atomic E-state index is 12.7. The molecule has 1 aromatic heterocycles. The van der Waals surface area contributed by atoms with Crippen LogP contribution < -0.4 is 19.7 Å². The van der Waals surface area contributed by atoms with Crippen molar-refractivity contribution in [3.8, 4) is 17.6 Å². The van der Waals surface area contributed by atoms with Crippen molar-refractivity contribution >= 4 is 33.6 Å². The number of carbonyl (C=O) groups is 1. The minimum absolute atomic E-state index is 0.0426. The van der Waals surface area contributed by atoms with E-state index in [2.05, 4.69) is 20.4 Å². The van der Waals surface area contributed by atoms with Crippen LogP contribution in [-0.2, 0) is 11.4 Å². The van der Waals surface area contributed by atoms with Crippen molar-refractivity contribution in [2.45, 2.75) is 33.3 Å². The van der Waals surface area contributed by atoms with Gasteiger partial charge in [-0.2, -0.15) is 5.26 Å². The van der Waals surface area contributed by atoms with E-state index in [1.54, 1.807) is 18.2 Å². The first-order valence-corrected chi connectivity index (χ1v) is 12.3. The Balaban J connectivity index is 1.47. The number of nitriles is 1. The number of hydrogen-bond donors (Lipinski definition) is 1. The highest BCUT2D eigenvalue weighted by Gasteiger charge is 2.19. The molecule has 0 spiro atoms. The van der Waals surface area contributed by atoms with Crippen LogP contribution in [0.3, 0.4) is 0 Å². The highest BCUT2D eigenvalue weighted by molar-refractivity contribution is 7.19. The summed E-state index contributed by atoms with van der Waals surface area (Å²) in [6, 6.07) is 15.3. The van der Waals surface area contributed by atoms with Gasteiger partial charge in [-0.05, 0) is 61.6 Å². The van der Waals surface area contributed by atoms with Crippen LogP contribution in [0.25, 0.3) is 6.08 Å². The summed E-state index contributed by atoms with van der Waals surface area (Å²) in [5.41, 5.74) is 2.85. The number of ether oxygens (including phenoxy) is 2. The quantitative estimate of drug-likeness (QED) is 0.334. The average Bonchev–Trinajstić information content (AvgIpc) is 3.55. The monoisotopic (exact) mass is 489 g/mol. The number of aromatic nitrogens is 2. The van der Waals surface area contributed by atoms with Crippen LogP contribution in [0.15, 0.2) is 48.0 Å². The summed E-state index contributed by atoms with van der Waals surface area (Å²) in [5, 5.41) is 21.6. The number of rotatable bonds is 9. The lowest BCUT2D eigenvalue weighted by Gasteiger charge is -2.14. The van der Waals surface area contributed by atoms with Gasteiger partial charge in [-0.25, -0.2) is 0 Å². The molecule has 9 heteroatoms. The molecule has 1 N–H and O–H groups in total. The van der Waals surface area contributed by atoms with Crippen molar-refractivity contribution in [2.24, 2.45) is 0 Å². The average molecular weight is 490 g/mol. The molecule has 1 aliphatic heterocycles. The Kier molecular flexibility index (Phi) is 7.95. The third-order valence-electron chi connectivity index (χ3n) is 5.60. The first-order valence-electron chi connectivity index (χ1n) is 11.5. The van der Waals surface area contributed by atoms with E-state index < -0.39 is 5.91 Å². The summed E-state index contributed by atoms with van der Waals surface area (Å²) in [6.45, 7) is 6.68. The van der Waals surface area contributed by atoms with Crippen LogP contribution in [0.2, 0.25) is 0 Å². The lowest BCUT2D eigenvalue weighted by molar-refractivity contribution is -0.112. The molecule has 0 radical (unpaired) electrons. The molecule has 0 saturated carbocycles. The zero-order valence-electron chi connectivity index (χ0n) is 19.8. The largest absolute Gasteiger partial charge is 0.490 e. The molecule has 1 fully saturated rings. The molecule has 0 aliphatic carbocycles. The van der Waals surface area contributed by atoms with E-state index in [-0.39, 0.29) is 5.57 Å². The van der Waals surface area contributed by atoms with Gasteiger partial charge in [0.25, 0.3) is 5.91 Å². The van der Waals surface area contributed by atoms with Crippen molar-refractivity contribution in [1.82, 2.24) is 10.2 Å². The minimum Gasteiger partial charge on any atom is -0.490 e. The molecule has 2 aromatic carbocycles. The molecule has 0 bridgehead atoms. The number of benzene rings is 2. The minimum atomic E-state index is -0.533. The van der Waals surface area contributed by atoms with Gasteiger partial charge in [0.05, 0.1) is 6.61 Å². The van der Waals surface area contributed by atoms with Crippen LogP contribution in [0, 0.1) is 18.3 Å². The topological polar surface area (TPSA) is 100 Å². The van der Waals surface area contributed by atoms with Crippen molar-refractivity contribution in [3.05, 3.63) is 64.7 Å². The molecule has 3 aromatic rings. The van der Waals surface area contributed by atoms with Crippen molar-refractivity contribution in [1.29, 1.82) is 5.26 Å². The molecule has 0 unspecified atom stereocenters. The predicted molar refractivity (Wildman–Crippen MR) is 137 cm³/mol. The molecule has 0 atom stereocenters. The second-order valence-electron chi connectivity index (χ2n) is 8.06. The molecular formula is C26H27N5O3S. The van der Waals surface area contributed by atoms with E-state index in [4.69, 9.17) is 9.47 Å². The van der Waals surface area contributed by atoms with Crippen molar-refractivity contribution in [2.75, 3.05) is 29.9 Å². The maximum Gasteiger partial charge on any atom is 0.268 e. The third-order valence-corrected chi connectivity index (χ3v) is 6.50. The van der Waals surface area contributed by atoms with Gasteiger partial charge in [0.15, 0.2) is 11.5 Å². The SMILES string of the molecule is CCOc1cc(C=C(C#N)C(=O)Nc2nnc(N3CCCC3)s2)ccc1OCc1ccccc1C. The van der Waals surface area contributed by atoms with Crippen LogP contribution in [-0.4, -0.2) is 35.8 Å². The van der Waals surface area contributed by atoms with E-state index in [1.807, 2.05) is 44.2 Å². The molecule has 1 amide bonds. The van der Waals surface area contributed by atoms with Crippen molar-refractivity contribution < 1.29 is 14.3 Å². The second-order valence-corrected chi connectivity index (χ2v) is 9.02. The molecule has 2 heterocycles. The second kappa shape index (κ2) is 11.5. The number of aryl methyl sites for hydroxylation is 1. The van der Waals surface area contributed by atoms with Gasteiger partial charge in [-0.3, -0.25) is 10.1 Å². The third kappa shape index (κ3) is 6.16. The smallest absolute Gasteiger partial charge is 0.268 e. The van der Waals surface area contributed by atoms with Crippen LogP contribution in [0.1, 0.15) is 36.5 Å². The van der Waals surface area contributed by atoms with Crippen molar-refractivity contribution in [3.63, 3.8) is 0 Å². The van der Waals surface area contributed by atoms with E-state index >= 15 is 0 Å². The Bertz CT molecular complexity index is 1260. The molecular weight excluding hydrogens is 462 g/mol. The predicted octanol–water partition coefficient (Wildman–Crippen LogP) is 4.97. The van der Waals surface area contributed by atoms with Gasteiger partial charge in [-0.1, -0.05) is 41.7 Å². The summed E-state index contributed by atoms with van der Waals surface area (Å²) >= 11 is 1.31. The highest BCUT2D eigenvalue weighted by atomic mass is 32.1. The normalized spacial score (nSPS) is 13.4. The van der Waals surface area contributed by atoms with Gasteiger partial charge in [-0.15, -0.1) is 10.2 Å². The lowest BCUT2D eigenvalue weighted by atomic mass is 10.1. The lowest BCUT2D eigenvalue weighted by Crippen LogP contribution is -2.17. The molecule has 4 rings (SSSR count). The number of carbonyl (C=O) groups excluding carboxylic acids is 1. The molecule has 180 valence electrons. The highest BCUT2D eigenvalue weighted by Crippen LogP contribution is 2.31. The van der Waals surface area contributed by atoms with Gasteiger partial charge in [0, 0.05) is 13.1 Å². The zero-order valence-corrected chi connectivity index (χ0v) is 20.6. The Morgan fingerprint density at radius 3 is 2.71 bits per heavy atom. The standard InChI is InChI=1S/C26H27N5O3S/c1-3-33-23-15-19(10-11-22(23)34-17-20-9-5-4-8-18(20)2)14-21(16-27)24(32)28-25-29-30-26(35-25)31-12-6-7-13-31/h4-5,8-11,14-15H,3,6-7,12-13,17H2,1-2H3,(H,28,29,32). The number of amides is 1.